The van der Waals surface area contributed by atoms with Gasteiger partial charge in [-0.1, -0.05) is 30.0 Å². The van der Waals surface area contributed by atoms with Gasteiger partial charge in [-0.3, -0.25) is 0 Å². The van der Waals surface area contributed by atoms with Crippen LogP contribution in [0.1, 0.15) is 0 Å². The molecule has 0 N–H and O–H groups in total. The van der Waals surface area contributed by atoms with Crippen LogP contribution >= 0.6 is 11.8 Å². The molecule has 0 saturated heterocycles. The van der Waals surface area contributed by atoms with Crippen LogP contribution in [-0.4, -0.2) is 9.38 Å². The van der Waals surface area contributed by atoms with Crippen LogP contribution < -0.4 is 4.74 Å². The molecular formula is C19H12N2OS. The maximum Gasteiger partial charge on any atom is 0.141 e. The van der Waals surface area contributed by atoms with Gasteiger partial charge in [0.05, 0.1) is 15.5 Å². The summed E-state index contributed by atoms with van der Waals surface area (Å²) in [6, 6.07) is 20.4. The number of nitrogens with zero attached hydrogens (tertiary/aromatic N) is 2. The van der Waals surface area contributed by atoms with E-state index in [2.05, 4.69) is 29.4 Å². The standard InChI is InChI=1S/C19H12N2OS/c1-2-6-17-15(5-1)22-16-9-8-13(11-18(16)23-17)14-12-21-10-4-3-7-19(21)20-14/h1-12H. The molecule has 0 fully saturated rings. The zero-order valence-corrected chi connectivity index (χ0v) is 13.0. The van der Waals surface area contributed by atoms with Crippen LogP contribution in [-0.2, 0) is 0 Å². The Bertz CT molecular complexity index is 1010. The van der Waals surface area contributed by atoms with E-state index in [-0.39, 0.29) is 0 Å². The number of aromatic nitrogens is 2. The number of imidazole rings is 1. The summed E-state index contributed by atoms with van der Waals surface area (Å²) in [5.74, 6) is 1.83. The summed E-state index contributed by atoms with van der Waals surface area (Å²) in [6.07, 6.45) is 4.07. The van der Waals surface area contributed by atoms with Gasteiger partial charge in [-0.25, -0.2) is 4.98 Å². The third kappa shape index (κ3) is 2.11. The molecule has 2 aromatic heterocycles. The average molecular weight is 316 g/mol. The number of pyridine rings is 1. The van der Waals surface area contributed by atoms with Gasteiger partial charge in [0, 0.05) is 18.0 Å². The molecule has 4 heteroatoms. The zero-order chi connectivity index (χ0) is 15.2. The lowest BCUT2D eigenvalue weighted by molar-refractivity contribution is 0.454. The number of rotatable bonds is 1. The number of benzene rings is 2. The second-order valence-electron chi connectivity index (χ2n) is 5.40. The topological polar surface area (TPSA) is 26.5 Å². The van der Waals surface area contributed by atoms with E-state index in [1.54, 1.807) is 11.8 Å². The van der Waals surface area contributed by atoms with Gasteiger partial charge in [-0.15, -0.1) is 0 Å². The average Bonchev–Trinajstić information content (AvgIpc) is 3.03. The lowest BCUT2D eigenvalue weighted by atomic mass is 10.1. The van der Waals surface area contributed by atoms with E-state index >= 15 is 0 Å². The van der Waals surface area contributed by atoms with Gasteiger partial charge in [0.1, 0.15) is 17.1 Å². The fourth-order valence-corrected chi connectivity index (χ4v) is 3.75. The molecule has 0 saturated carbocycles. The van der Waals surface area contributed by atoms with Gasteiger partial charge in [-0.05, 0) is 42.5 Å². The largest absolute Gasteiger partial charge is 0.455 e. The molecule has 0 spiro atoms. The number of hydrogen-bond acceptors (Lipinski definition) is 3. The van der Waals surface area contributed by atoms with E-state index in [0.29, 0.717) is 0 Å². The van der Waals surface area contributed by atoms with Crippen molar-refractivity contribution in [2.75, 3.05) is 0 Å². The van der Waals surface area contributed by atoms with Crippen molar-refractivity contribution >= 4 is 17.4 Å². The molecule has 23 heavy (non-hydrogen) atoms. The second kappa shape index (κ2) is 4.89. The first kappa shape index (κ1) is 12.8. The molecule has 0 amide bonds. The Balaban J connectivity index is 1.59. The van der Waals surface area contributed by atoms with Crippen LogP contribution in [0.15, 0.2) is 82.8 Å². The monoisotopic (exact) mass is 316 g/mol. The molecule has 5 rings (SSSR count). The highest BCUT2D eigenvalue weighted by Crippen LogP contribution is 2.47. The maximum atomic E-state index is 5.98. The number of hydrogen-bond donors (Lipinski definition) is 0. The summed E-state index contributed by atoms with van der Waals surface area (Å²) in [5.41, 5.74) is 3.02. The number of ether oxygens (including phenoxy) is 1. The molecule has 1 aliphatic heterocycles. The van der Waals surface area contributed by atoms with Crippen LogP contribution in [0.2, 0.25) is 0 Å². The predicted molar refractivity (Wildman–Crippen MR) is 91.3 cm³/mol. The van der Waals surface area contributed by atoms with Gasteiger partial charge in [-0.2, -0.15) is 0 Å². The molecule has 0 bridgehead atoms. The van der Waals surface area contributed by atoms with Gasteiger partial charge >= 0.3 is 0 Å². The first-order chi connectivity index (χ1) is 11.4. The minimum Gasteiger partial charge on any atom is -0.455 e. The Hall–Kier alpha value is -2.72. The Morgan fingerprint density at radius 1 is 0.870 bits per heavy atom. The van der Waals surface area contributed by atoms with E-state index in [1.165, 1.54) is 0 Å². The second-order valence-corrected chi connectivity index (χ2v) is 6.49. The van der Waals surface area contributed by atoms with Gasteiger partial charge in [0.15, 0.2) is 0 Å². The molecular weight excluding hydrogens is 304 g/mol. The van der Waals surface area contributed by atoms with Crippen molar-refractivity contribution in [2.45, 2.75) is 9.79 Å². The van der Waals surface area contributed by atoms with Crippen LogP contribution in [0, 0.1) is 0 Å². The van der Waals surface area contributed by atoms with Crippen LogP contribution in [0.25, 0.3) is 16.9 Å². The Morgan fingerprint density at radius 2 is 1.74 bits per heavy atom. The predicted octanol–water partition coefficient (Wildman–Crippen LogP) is 5.26. The van der Waals surface area contributed by atoms with Crippen LogP contribution in [0.5, 0.6) is 11.5 Å². The van der Waals surface area contributed by atoms with E-state index < -0.39 is 0 Å². The van der Waals surface area contributed by atoms with E-state index in [0.717, 1.165) is 38.2 Å². The third-order valence-electron chi connectivity index (χ3n) is 3.89. The quantitative estimate of drug-likeness (QED) is 0.422. The zero-order valence-electron chi connectivity index (χ0n) is 12.1. The fraction of sp³-hybridized carbons (Fsp3) is 0. The SMILES string of the molecule is c1ccc2c(c1)Oc1ccc(-c3cn4ccccc4n3)cc1S2. The van der Waals surface area contributed by atoms with Crippen molar-refractivity contribution in [1.29, 1.82) is 0 Å². The molecule has 3 heterocycles. The molecule has 0 radical (unpaired) electrons. The molecule has 110 valence electrons. The fourth-order valence-electron chi connectivity index (χ4n) is 2.76. The maximum absolute atomic E-state index is 5.98. The highest BCUT2D eigenvalue weighted by Gasteiger charge is 2.18. The molecule has 4 aromatic rings. The van der Waals surface area contributed by atoms with Gasteiger partial charge in [0.2, 0.25) is 0 Å². The molecule has 0 aliphatic carbocycles. The lowest BCUT2D eigenvalue weighted by Gasteiger charge is -2.19. The van der Waals surface area contributed by atoms with Crippen molar-refractivity contribution in [3.05, 3.63) is 73.1 Å². The van der Waals surface area contributed by atoms with Gasteiger partial charge < -0.3 is 9.14 Å². The Labute approximate surface area is 137 Å². The van der Waals surface area contributed by atoms with E-state index in [9.17, 15) is 0 Å². The first-order valence-electron chi connectivity index (χ1n) is 7.40. The number of fused-ring (bicyclic) bond motifs is 3. The van der Waals surface area contributed by atoms with Crippen LogP contribution in [0.3, 0.4) is 0 Å². The minimum absolute atomic E-state index is 0.904. The third-order valence-corrected chi connectivity index (χ3v) is 4.99. The normalized spacial score (nSPS) is 12.5. The van der Waals surface area contributed by atoms with Crippen molar-refractivity contribution in [3.63, 3.8) is 0 Å². The van der Waals surface area contributed by atoms with E-state index in [1.807, 2.05) is 53.1 Å². The Morgan fingerprint density at radius 3 is 2.70 bits per heavy atom. The molecule has 0 unspecified atom stereocenters. The molecule has 3 nitrogen and oxygen atoms in total. The number of para-hydroxylation sites is 1. The summed E-state index contributed by atoms with van der Waals surface area (Å²) in [7, 11) is 0. The molecule has 0 atom stereocenters. The summed E-state index contributed by atoms with van der Waals surface area (Å²) in [6.45, 7) is 0. The summed E-state index contributed by atoms with van der Waals surface area (Å²) in [5, 5.41) is 0. The van der Waals surface area contributed by atoms with E-state index in [4.69, 9.17) is 4.74 Å². The summed E-state index contributed by atoms with van der Waals surface area (Å²) < 4.78 is 8.02. The first-order valence-corrected chi connectivity index (χ1v) is 8.21. The smallest absolute Gasteiger partial charge is 0.141 e. The van der Waals surface area contributed by atoms with Gasteiger partial charge in [0.25, 0.3) is 0 Å². The molecule has 1 aliphatic rings. The molecule has 2 aromatic carbocycles. The van der Waals surface area contributed by atoms with Crippen molar-refractivity contribution < 1.29 is 4.74 Å². The lowest BCUT2D eigenvalue weighted by Crippen LogP contribution is -1.94. The highest BCUT2D eigenvalue weighted by atomic mass is 32.2. The summed E-state index contributed by atoms with van der Waals surface area (Å²) in [4.78, 5) is 6.96. The van der Waals surface area contributed by atoms with Crippen LogP contribution in [0.4, 0.5) is 0 Å². The highest BCUT2D eigenvalue weighted by molar-refractivity contribution is 7.99. The van der Waals surface area contributed by atoms with Crippen molar-refractivity contribution in [1.82, 2.24) is 9.38 Å². The Kier molecular flexibility index (Phi) is 2.72. The van der Waals surface area contributed by atoms with Crippen molar-refractivity contribution in [3.8, 4) is 22.8 Å². The summed E-state index contributed by atoms with van der Waals surface area (Å²) >= 11 is 1.74. The minimum atomic E-state index is 0.904. The van der Waals surface area contributed by atoms with Crippen molar-refractivity contribution in [2.24, 2.45) is 0 Å².